The number of hydrogen-bond acceptors (Lipinski definition) is 9. The Kier molecular flexibility index (Phi) is 9.97. The highest BCUT2D eigenvalue weighted by molar-refractivity contribution is 7.13. The number of hydrogen-bond donors (Lipinski definition) is 0. The average molecular weight is 500 g/mol. The molecular weight excluding hydrogens is 470 g/mol. The van der Waals surface area contributed by atoms with E-state index in [0.717, 1.165) is 11.3 Å². The van der Waals surface area contributed by atoms with E-state index in [1.165, 1.54) is 16.2 Å². The van der Waals surface area contributed by atoms with Crippen molar-refractivity contribution in [2.24, 2.45) is 0 Å². The molecule has 0 bridgehead atoms. The molecule has 0 saturated carbocycles. The number of thiophene rings is 1. The summed E-state index contributed by atoms with van der Waals surface area (Å²) in [4.78, 5) is 39.5. The highest BCUT2D eigenvalue weighted by Gasteiger charge is 2.19. The van der Waals surface area contributed by atoms with Crippen LogP contribution in [0, 0.1) is 0 Å². The summed E-state index contributed by atoms with van der Waals surface area (Å²) in [7, 11) is 0. The second-order valence-electron chi connectivity index (χ2n) is 7.75. The Morgan fingerprint density at radius 1 is 1.03 bits per heavy atom. The quantitative estimate of drug-likeness (QED) is 0.235. The van der Waals surface area contributed by atoms with Crippen LogP contribution in [0.3, 0.4) is 0 Å². The highest BCUT2D eigenvalue weighted by atomic mass is 32.1. The minimum atomic E-state index is -0.608. The Balaban J connectivity index is 1.44. The van der Waals surface area contributed by atoms with Crippen LogP contribution in [0.15, 0.2) is 46.2 Å². The lowest BCUT2D eigenvalue weighted by atomic mass is 10.1. The molecule has 0 aliphatic carbocycles. The second kappa shape index (κ2) is 13.4. The van der Waals surface area contributed by atoms with Gasteiger partial charge in [0.2, 0.25) is 5.89 Å². The second-order valence-corrected chi connectivity index (χ2v) is 8.70. The van der Waals surface area contributed by atoms with E-state index in [1.54, 1.807) is 24.3 Å². The summed E-state index contributed by atoms with van der Waals surface area (Å²) < 4.78 is 16.3. The maximum absolute atomic E-state index is 12.6. The van der Waals surface area contributed by atoms with Crippen LogP contribution in [0.1, 0.15) is 55.8 Å². The Bertz CT molecular complexity index is 1090. The molecule has 1 amide bonds. The van der Waals surface area contributed by atoms with Crippen molar-refractivity contribution in [2.75, 3.05) is 19.8 Å². The summed E-state index contributed by atoms with van der Waals surface area (Å²) in [5.74, 6) is 0.243. The molecule has 0 aliphatic heterocycles. The van der Waals surface area contributed by atoms with Gasteiger partial charge in [-0.1, -0.05) is 19.9 Å². The number of amides is 1. The van der Waals surface area contributed by atoms with Gasteiger partial charge in [0.25, 0.3) is 11.8 Å². The molecule has 2 heterocycles. The first-order valence-electron chi connectivity index (χ1n) is 11.6. The molecule has 10 heteroatoms. The van der Waals surface area contributed by atoms with Gasteiger partial charge in [-0.2, -0.15) is 0 Å². The van der Waals surface area contributed by atoms with Gasteiger partial charge in [-0.15, -0.1) is 21.5 Å². The lowest BCUT2D eigenvalue weighted by Gasteiger charge is -2.20. The van der Waals surface area contributed by atoms with Crippen molar-refractivity contribution in [2.45, 2.75) is 46.1 Å². The molecule has 0 spiro atoms. The summed E-state index contributed by atoms with van der Waals surface area (Å²) >= 11 is 1.48. The molecule has 0 radical (unpaired) electrons. The molecule has 0 fully saturated rings. The predicted molar refractivity (Wildman–Crippen MR) is 130 cm³/mol. The SMILES string of the molecule is CCCOc1ccc(C(=O)CCC(=O)OCC(=O)N(CCC)Cc2nnc(-c3cccs3)o2)cc1. The van der Waals surface area contributed by atoms with E-state index in [4.69, 9.17) is 13.9 Å². The summed E-state index contributed by atoms with van der Waals surface area (Å²) in [5, 5.41) is 9.94. The van der Waals surface area contributed by atoms with Gasteiger partial charge in [0, 0.05) is 18.5 Å². The standard InChI is InChI=1S/C25H29N3O6S/c1-3-13-28(16-22-26-27-25(34-22)21-6-5-15-35-21)23(30)17-33-24(31)12-11-20(29)18-7-9-19(10-8-18)32-14-4-2/h5-10,15H,3-4,11-14,16-17H2,1-2H3. The molecule has 0 unspecified atom stereocenters. The maximum atomic E-state index is 12.6. The molecule has 35 heavy (non-hydrogen) atoms. The van der Waals surface area contributed by atoms with Crippen LogP contribution in [0.4, 0.5) is 0 Å². The lowest BCUT2D eigenvalue weighted by Crippen LogP contribution is -2.35. The molecule has 3 aromatic rings. The Morgan fingerprint density at radius 2 is 1.83 bits per heavy atom. The van der Waals surface area contributed by atoms with Gasteiger partial charge in [-0.3, -0.25) is 14.4 Å². The van der Waals surface area contributed by atoms with E-state index < -0.39 is 12.6 Å². The number of ketones is 1. The number of aromatic nitrogens is 2. The highest BCUT2D eigenvalue weighted by Crippen LogP contribution is 2.23. The molecule has 0 saturated heterocycles. The normalized spacial score (nSPS) is 10.7. The smallest absolute Gasteiger partial charge is 0.306 e. The zero-order valence-electron chi connectivity index (χ0n) is 19.9. The third kappa shape index (κ3) is 8.03. The zero-order valence-corrected chi connectivity index (χ0v) is 20.7. The molecule has 2 aromatic heterocycles. The largest absolute Gasteiger partial charge is 0.494 e. The molecule has 9 nitrogen and oxygen atoms in total. The molecule has 0 N–H and O–H groups in total. The fourth-order valence-electron chi connectivity index (χ4n) is 3.17. The molecule has 0 aliphatic rings. The summed E-state index contributed by atoms with van der Waals surface area (Å²) in [6, 6.07) is 10.6. The summed E-state index contributed by atoms with van der Waals surface area (Å²) in [5.41, 5.74) is 0.494. The summed E-state index contributed by atoms with van der Waals surface area (Å²) in [6.45, 7) is 4.72. The van der Waals surface area contributed by atoms with Gasteiger partial charge >= 0.3 is 5.97 Å². The Hall–Kier alpha value is -3.53. The van der Waals surface area contributed by atoms with Gasteiger partial charge in [0.05, 0.1) is 24.4 Å². The number of ether oxygens (including phenoxy) is 2. The first-order valence-corrected chi connectivity index (χ1v) is 12.4. The first kappa shape index (κ1) is 26.1. The van der Waals surface area contributed by atoms with Gasteiger partial charge in [0.1, 0.15) is 5.75 Å². The number of carbonyl (C=O) groups excluding carboxylic acids is 3. The van der Waals surface area contributed by atoms with E-state index in [9.17, 15) is 14.4 Å². The van der Waals surface area contributed by atoms with Crippen molar-refractivity contribution < 1.29 is 28.3 Å². The van der Waals surface area contributed by atoms with Crippen molar-refractivity contribution in [3.63, 3.8) is 0 Å². The van der Waals surface area contributed by atoms with Crippen LogP contribution >= 0.6 is 11.3 Å². The van der Waals surface area contributed by atoms with Crippen molar-refractivity contribution in [1.82, 2.24) is 15.1 Å². The number of carbonyl (C=O) groups is 3. The topological polar surface area (TPSA) is 112 Å². The van der Waals surface area contributed by atoms with Crippen LogP contribution in [0.25, 0.3) is 10.8 Å². The van der Waals surface area contributed by atoms with E-state index in [0.29, 0.717) is 42.7 Å². The minimum Gasteiger partial charge on any atom is -0.494 e. The number of benzene rings is 1. The number of rotatable bonds is 14. The predicted octanol–water partition coefficient (Wildman–Crippen LogP) is 4.53. The number of Topliss-reactive ketones (excluding diaryl/α,β-unsaturated/α-hetero) is 1. The van der Waals surface area contributed by atoms with Crippen molar-refractivity contribution in [3.8, 4) is 16.5 Å². The third-order valence-corrected chi connectivity index (χ3v) is 5.79. The van der Waals surface area contributed by atoms with Gasteiger partial charge in [0.15, 0.2) is 12.4 Å². The van der Waals surface area contributed by atoms with Crippen LogP contribution in [0.5, 0.6) is 5.75 Å². The van der Waals surface area contributed by atoms with E-state index in [-0.39, 0.29) is 31.1 Å². The van der Waals surface area contributed by atoms with Gasteiger partial charge in [-0.25, -0.2) is 0 Å². The van der Waals surface area contributed by atoms with Crippen LogP contribution in [-0.2, 0) is 20.9 Å². The van der Waals surface area contributed by atoms with E-state index in [2.05, 4.69) is 10.2 Å². The minimum absolute atomic E-state index is 0.00561. The van der Waals surface area contributed by atoms with Crippen LogP contribution in [0.2, 0.25) is 0 Å². The Morgan fingerprint density at radius 3 is 2.51 bits per heavy atom. The third-order valence-electron chi connectivity index (χ3n) is 4.93. The van der Waals surface area contributed by atoms with E-state index in [1.807, 2.05) is 31.4 Å². The molecule has 3 rings (SSSR count). The Labute approximate surface area is 208 Å². The average Bonchev–Trinajstić information content (AvgIpc) is 3.57. The molecule has 0 atom stereocenters. The fourth-order valence-corrected chi connectivity index (χ4v) is 3.81. The monoisotopic (exact) mass is 499 g/mol. The number of nitrogens with zero attached hydrogens (tertiary/aromatic N) is 3. The molecule has 1 aromatic carbocycles. The first-order chi connectivity index (χ1) is 17.0. The van der Waals surface area contributed by atoms with Gasteiger partial charge in [-0.05, 0) is 48.6 Å². The number of esters is 1. The van der Waals surface area contributed by atoms with Gasteiger partial charge < -0.3 is 18.8 Å². The van der Waals surface area contributed by atoms with Crippen molar-refractivity contribution in [1.29, 1.82) is 0 Å². The fraction of sp³-hybridized carbons (Fsp3) is 0.400. The van der Waals surface area contributed by atoms with Crippen LogP contribution in [-0.4, -0.2) is 52.5 Å². The van der Waals surface area contributed by atoms with Crippen LogP contribution < -0.4 is 4.74 Å². The van der Waals surface area contributed by atoms with Crippen molar-refractivity contribution in [3.05, 3.63) is 53.2 Å². The molecule has 186 valence electrons. The maximum Gasteiger partial charge on any atom is 0.306 e. The zero-order chi connectivity index (χ0) is 25.0. The lowest BCUT2D eigenvalue weighted by molar-refractivity contribution is -0.152. The summed E-state index contributed by atoms with van der Waals surface area (Å²) in [6.07, 6.45) is 1.49. The van der Waals surface area contributed by atoms with Crippen molar-refractivity contribution >= 4 is 29.0 Å². The molecular formula is C25H29N3O6S. The van der Waals surface area contributed by atoms with E-state index >= 15 is 0 Å².